The Hall–Kier alpha value is -2.29. The molecule has 0 atom stereocenters. The Morgan fingerprint density at radius 1 is 1.24 bits per heavy atom. The fraction of sp³-hybridized carbons (Fsp3) is 0.526. The highest BCUT2D eigenvalue weighted by atomic mass is 35.5. The van der Waals surface area contributed by atoms with Crippen LogP contribution in [0.4, 0.5) is 13.2 Å². The molecule has 1 aliphatic rings. The van der Waals surface area contributed by atoms with E-state index in [0.29, 0.717) is 31.6 Å². The van der Waals surface area contributed by atoms with Crippen LogP contribution in [0.1, 0.15) is 48.4 Å². The second kappa shape index (κ2) is 8.22. The highest BCUT2D eigenvalue weighted by Gasteiger charge is 2.37. The molecule has 2 amide bonds. The third-order valence-corrected chi connectivity index (χ3v) is 5.25. The van der Waals surface area contributed by atoms with Gasteiger partial charge < -0.3 is 9.80 Å². The minimum Gasteiger partial charge on any atom is -0.339 e. The van der Waals surface area contributed by atoms with E-state index < -0.39 is 17.8 Å². The number of fused-ring (bicyclic) bond motifs is 1. The summed E-state index contributed by atoms with van der Waals surface area (Å²) in [5.41, 5.74) is -0.600. The summed E-state index contributed by atoms with van der Waals surface area (Å²) < 4.78 is 41.0. The zero-order chi connectivity index (χ0) is 21.3. The summed E-state index contributed by atoms with van der Waals surface area (Å²) in [4.78, 5) is 28.4. The molecule has 3 heterocycles. The number of halogens is 4. The summed E-state index contributed by atoms with van der Waals surface area (Å²) in [6, 6.07) is 2.15. The first-order valence-electron chi connectivity index (χ1n) is 9.52. The number of rotatable bonds is 5. The van der Waals surface area contributed by atoms with Crippen molar-refractivity contribution in [1.82, 2.24) is 19.4 Å². The highest BCUT2D eigenvalue weighted by molar-refractivity contribution is 6.31. The van der Waals surface area contributed by atoms with Crippen LogP contribution in [-0.4, -0.2) is 57.4 Å². The number of pyridine rings is 1. The normalized spacial score (nSPS) is 15.4. The van der Waals surface area contributed by atoms with Crippen molar-refractivity contribution in [3.63, 3.8) is 0 Å². The predicted octanol–water partition coefficient (Wildman–Crippen LogP) is 3.65. The van der Waals surface area contributed by atoms with Crippen LogP contribution >= 0.6 is 11.6 Å². The first-order valence-corrected chi connectivity index (χ1v) is 9.90. The van der Waals surface area contributed by atoms with Gasteiger partial charge in [0.1, 0.15) is 12.2 Å². The standard InChI is InChI=1S/C19H22ClF3N4O2/c1-3-5-6-25-7-8-26(11-16(25)28)18(29)17-13(4-2)14-9-12(20)10-15(19(21,22)23)27(14)24-17/h9-10H,3-8,11H2,1-2H3. The Kier molecular flexibility index (Phi) is 6.07. The molecule has 0 bridgehead atoms. The van der Waals surface area contributed by atoms with Gasteiger partial charge in [-0.2, -0.15) is 18.3 Å². The number of aryl methyl sites for hydroxylation is 1. The molecule has 1 aliphatic heterocycles. The maximum absolute atomic E-state index is 13.4. The van der Waals surface area contributed by atoms with Crippen LogP contribution in [-0.2, 0) is 17.4 Å². The van der Waals surface area contributed by atoms with E-state index >= 15 is 0 Å². The molecule has 3 rings (SSSR count). The molecule has 0 spiro atoms. The van der Waals surface area contributed by atoms with E-state index in [2.05, 4.69) is 5.10 Å². The number of aromatic nitrogens is 2. The van der Waals surface area contributed by atoms with Gasteiger partial charge in [-0.05, 0) is 25.0 Å². The summed E-state index contributed by atoms with van der Waals surface area (Å²) in [6.07, 6.45) is -2.54. The van der Waals surface area contributed by atoms with E-state index in [-0.39, 0.29) is 28.7 Å². The number of carbonyl (C=O) groups excluding carboxylic acids is 2. The van der Waals surface area contributed by atoms with E-state index in [0.717, 1.165) is 23.4 Å². The number of unbranched alkanes of at least 4 members (excludes halogenated alkanes) is 1. The van der Waals surface area contributed by atoms with E-state index in [4.69, 9.17) is 11.6 Å². The smallest absolute Gasteiger partial charge is 0.339 e. The third kappa shape index (κ3) is 4.19. The molecule has 1 fully saturated rings. The average Bonchev–Trinajstić information content (AvgIpc) is 3.03. The van der Waals surface area contributed by atoms with Gasteiger partial charge in [-0.15, -0.1) is 0 Å². The Labute approximate surface area is 171 Å². The van der Waals surface area contributed by atoms with Gasteiger partial charge in [0.25, 0.3) is 5.91 Å². The fourth-order valence-electron chi connectivity index (χ4n) is 3.50. The summed E-state index contributed by atoms with van der Waals surface area (Å²) in [6.45, 7) is 5.01. The van der Waals surface area contributed by atoms with Crippen molar-refractivity contribution in [2.45, 2.75) is 39.3 Å². The van der Waals surface area contributed by atoms with Crippen molar-refractivity contribution in [3.05, 3.63) is 34.1 Å². The zero-order valence-corrected chi connectivity index (χ0v) is 17.0. The second-order valence-corrected chi connectivity index (χ2v) is 7.43. The summed E-state index contributed by atoms with van der Waals surface area (Å²) in [5.74, 6) is -0.711. The summed E-state index contributed by atoms with van der Waals surface area (Å²) >= 11 is 5.89. The van der Waals surface area contributed by atoms with Gasteiger partial charge in [0.2, 0.25) is 5.91 Å². The first-order chi connectivity index (χ1) is 13.7. The van der Waals surface area contributed by atoms with E-state index in [1.54, 1.807) is 11.8 Å². The minimum absolute atomic E-state index is 0.0740. The maximum Gasteiger partial charge on any atom is 0.433 e. The highest BCUT2D eigenvalue weighted by Crippen LogP contribution is 2.33. The van der Waals surface area contributed by atoms with Gasteiger partial charge in [0, 0.05) is 30.2 Å². The second-order valence-electron chi connectivity index (χ2n) is 7.00. The van der Waals surface area contributed by atoms with Gasteiger partial charge in [0.15, 0.2) is 5.69 Å². The van der Waals surface area contributed by atoms with Gasteiger partial charge in [-0.1, -0.05) is 31.9 Å². The van der Waals surface area contributed by atoms with Gasteiger partial charge in [-0.25, -0.2) is 4.52 Å². The van der Waals surface area contributed by atoms with Crippen molar-refractivity contribution >= 4 is 28.9 Å². The van der Waals surface area contributed by atoms with Crippen LogP contribution in [0.25, 0.3) is 5.52 Å². The Morgan fingerprint density at radius 2 is 1.97 bits per heavy atom. The number of nitrogens with zero attached hydrogens (tertiary/aromatic N) is 4. The Balaban J connectivity index is 1.96. The zero-order valence-electron chi connectivity index (χ0n) is 16.2. The number of hydrogen-bond acceptors (Lipinski definition) is 3. The van der Waals surface area contributed by atoms with Crippen LogP contribution < -0.4 is 0 Å². The number of carbonyl (C=O) groups is 2. The summed E-state index contributed by atoms with van der Waals surface area (Å²) in [5, 5.41) is 3.90. The van der Waals surface area contributed by atoms with Crippen LogP contribution in [0, 0.1) is 0 Å². The molecule has 0 unspecified atom stereocenters. The lowest BCUT2D eigenvalue weighted by Gasteiger charge is -2.34. The molecule has 1 saturated heterocycles. The number of alkyl halides is 3. The topological polar surface area (TPSA) is 57.9 Å². The van der Waals surface area contributed by atoms with E-state index in [1.807, 2.05) is 6.92 Å². The molecule has 0 aromatic carbocycles. The monoisotopic (exact) mass is 430 g/mol. The van der Waals surface area contributed by atoms with Crippen molar-refractivity contribution in [3.8, 4) is 0 Å². The van der Waals surface area contributed by atoms with Crippen molar-refractivity contribution < 1.29 is 22.8 Å². The SMILES string of the molecule is CCCCN1CCN(C(=O)c2nn3c(C(F)(F)F)cc(Cl)cc3c2CC)CC1=O. The molecule has 0 saturated carbocycles. The molecular weight excluding hydrogens is 409 g/mol. The van der Waals surface area contributed by atoms with Crippen molar-refractivity contribution in [2.75, 3.05) is 26.2 Å². The molecule has 0 aliphatic carbocycles. The van der Waals surface area contributed by atoms with Crippen molar-refractivity contribution in [1.29, 1.82) is 0 Å². The van der Waals surface area contributed by atoms with Crippen molar-refractivity contribution in [2.24, 2.45) is 0 Å². The van der Waals surface area contributed by atoms with Crippen LogP contribution in [0.3, 0.4) is 0 Å². The average molecular weight is 431 g/mol. The fourth-order valence-corrected chi connectivity index (χ4v) is 3.71. The number of amides is 2. The molecule has 2 aromatic rings. The number of hydrogen-bond donors (Lipinski definition) is 0. The summed E-state index contributed by atoms with van der Waals surface area (Å²) in [7, 11) is 0. The molecule has 10 heteroatoms. The molecule has 29 heavy (non-hydrogen) atoms. The first kappa shape index (κ1) is 21.4. The molecule has 158 valence electrons. The number of piperazine rings is 1. The minimum atomic E-state index is -4.68. The Bertz CT molecular complexity index is 942. The molecule has 6 nitrogen and oxygen atoms in total. The quantitative estimate of drug-likeness (QED) is 0.727. The van der Waals surface area contributed by atoms with Gasteiger partial charge in [-0.3, -0.25) is 9.59 Å². The Morgan fingerprint density at radius 3 is 2.55 bits per heavy atom. The van der Waals surface area contributed by atoms with Crippen LogP contribution in [0.5, 0.6) is 0 Å². The van der Waals surface area contributed by atoms with Crippen LogP contribution in [0.15, 0.2) is 12.1 Å². The largest absolute Gasteiger partial charge is 0.433 e. The van der Waals surface area contributed by atoms with Gasteiger partial charge >= 0.3 is 6.18 Å². The maximum atomic E-state index is 13.4. The predicted molar refractivity (Wildman–Crippen MR) is 102 cm³/mol. The molecule has 2 aromatic heterocycles. The molecular formula is C19H22ClF3N4O2. The lowest BCUT2D eigenvalue weighted by atomic mass is 10.1. The lowest BCUT2D eigenvalue weighted by molar-refractivity contribution is -0.142. The lowest BCUT2D eigenvalue weighted by Crippen LogP contribution is -2.52. The van der Waals surface area contributed by atoms with Gasteiger partial charge in [0.05, 0.1) is 5.52 Å². The molecule has 0 N–H and O–H groups in total. The third-order valence-electron chi connectivity index (χ3n) is 5.03. The van der Waals surface area contributed by atoms with Crippen LogP contribution in [0.2, 0.25) is 5.02 Å². The molecule has 0 radical (unpaired) electrons. The van der Waals surface area contributed by atoms with E-state index in [1.165, 1.54) is 11.0 Å². The van der Waals surface area contributed by atoms with E-state index in [9.17, 15) is 22.8 Å².